The molecule has 1 radical (unpaired) electrons. The molecule has 0 aliphatic heterocycles. The number of benzene rings is 1. The van der Waals surface area contributed by atoms with E-state index < -0.39 is 9.04 Å². The molecule has 0 N–H and O–H groups in total. The fraction of sp³-hybridized carbons (Fsp3) is 0.533. The van der Waals surface area contributed by atoms with Crippen LogP contribution >= 0.6 is 0 Å². The van der Waals surface area contributed by atoms with Gasteiger partial charge in [0.25, 0.3) is 0 Å². The molecule has 3 heteroatoms. The molecule has 1 rings (SSSR count). The zero-order valence-electron chi connectivity index (χ0n) is 12.0. The zero-order valence-corrected chi connectivity index (χ0v) is 13.0. The molecule has 0 fully saturated rings. The van der Waals surface area contributed by atoms with Crippen LogP contribution in [-0.2, 0) is 10.8 Å². The predicted octanol–water partition coefficient (Wildman–Crippen LogP) is 3.72. The minimum atomic E-state index is -0.742. The third-order valence-electron chi connectivity index (χ3n) is 2.93. The second-order valence-electron chi connectivity index (χ2n) is 5.90. The van der Waals surface area contributed by atoms with Gasteiger partial charge in [-0.2, -0.15) is 0 Å². The summed E-state index contributed by atoms with van der Waals surface area (Å²) in [6.45, 7) is 10.9. The summed E-state index contributed by atoms with van der Waals surface area (Å²) < 4.78 is 6.10. The van der Waals surface area contributed by atoms with E-state index in [4.69, 9.17) is 4.43 Å². The van der Waals surface area contributed by atoms with Crippen LogP contribution in [0.25, 0.3) is 0 Å². The molecule has 0 amide bonds. The molecule has 0 heterocycles. The second-order valence-corrected chi connectivity index (χ2v) is 7.95. The van der Waals surface area contributed by atoms with Crippen molar-refractivity contribution in [1.29, 1.82) is 0 Å². The average Bonchev–Trinajstić information content (AvgIpc) is 2.27. The highest BCUT2D eigenvalue weighted by Gasteiger charge is 2.27. The molecular formula is C15H23O2Si. The van der Waals surface area contributed by atoms with Crippen LogP contribution in [0, 0.1) is 5.41 Å². The third kappa shape index (κ3) is 4.39. The summed E-state index contributed by atoms with van der Waals surface area (Å²) in [5.74, 6) is 0. The van der Waals surface area contributed by atoms with E-state index in [0.29, 0.717) is 0 Å². The molecule has 18 heavy (non-hydrogen) atoms. The van der Waals surface area contributed by atoms with Gasteiger partial charge in [-0.05, 0) is 30.5 Å². The fourth-order valence-corrected chi connectivity index (χ4v) is 2.85. The zero-order chi connectivity index (χ0) is 13.8. The molecule has 2 nitrogen and oxygen atoms in total. The van der Waals surface area contributed by atoms with Crippen molar-refractivity contribution in [1.82, 2.24) is 0 Å². The lowest BCUT2D eigenvalue weighted by Gasteiger charge is -2.32. The lowest BCUT2D eigenvalue weighted by atomic mass is 9.84. The van der Waals surface area contributed by atoms with E-state index in [0.717, 1.165) is 23.8 Å². The van der Waals surface area contributed by atoms with Crippen molar-refractivity contribution in [2.75, 3.05) is 0 Å². The predicted molar refractivity (Wildman–Crippen MR) is 77.3 cm³/mol. The third-order valence-corrected chi connectivity index (χ3v) is 3.69. The summed E-state index contributed by atoms with van der Waals surface area (Å²) in [5, 5.41) is 0. The van der Waals surface area contributed by atoms with Crippen LogP contribution in [0.1, 0.15) is 36.7 Å². The van der Waals surface area contributed by atoms with Gasteiger partial charge in [0.05, 0.1) is 6.10 Å². The van der Waals surface area contributed by atoms with E-state index in [1.54, 1.807) is 0 Å². The number of hydrogen-bond acceptors (Lipinski definition) is 2. The Hall–Kier alpha value is -0.933. The van der Waals surface area contributed by atoms with Gasteiger partial charge in [0.1, 0.15) is 6.29 Å². The Morgan fingerprint density at radius 1 is 1.28 bits per heavy atom. The Balaban J connectivity index is 2.92. The maximum atomic E-state index is 11.0. The van der Waals surface area contributed by atoms with Crippen LogP contribution in [0.4, 0.5) is 0 Å². The number of rotatable bonds is 5. The quantitative estimate of drug-likeness (QED) is 0.598. The highest BCUT2D eigenvalue weighted by atomic mass is 28.3. The van der Waals surface area contributed by atoms with Crippen molar-refractivity contribution in [3.63, 3.8) is 0 Å². The average molecular weight is 263 g/mol. The number of carbonyl (C=O) groups excluding carboxylic acids is 1. The summed E-state index contributed by atoms with van der Waals surface area (Å²) in [6, 6.07) is 7.76. The van der Waals surface area contributed by atoms with Gasteiger partial charge in [0.15, 0.2) is 0 Å². The van der Waals surface area contributed by atoms with Crippen LogP contribution in [0.3, 0.4) is 0 Å². The molecule has 99 valence electrons. The topological polar surface area (TPSA) is 26.3 Å². The molecule has 0 saturated carbocycles. The van der Waals surface area contributed by atoms with Gasteiger partial charge < -0.3 is 4.43 Å². The first-order valence-electron chi connectivity index (χ1n) is 6.34. The van der Waals surface area contributed by atoms with Crippen LogP contribution in [-0.4, -0.2) is 21.4 Å². The molecule has 0 aliphatic rings. The lowest BCUT2D eigenvalue weighted by Crippen LogP contribution is -2.35. The van der Waals surface area contributed by atoms with Gasteiger partial charge in [-0.3, -0.25) is 4.79 Å². The maximum absolute atomic E-state index is 11.0. The largest absolute Gasteiger partial charge is 0.413 e. The van der Waals surface area contributed by atoms with Crippen molar-refractivity contribution in [3.8, 4) is 0 Å². The molecule has 0 aromatic heterocycles. The second kappa shape index (κ2) is 6.30. The van der Waals surface area contributed by atoms with Crippen molar-refractivity contribution >= 4 is 15.3 Å². The van der Waals surface area contributed by atoms with E-state index in [-0.39, 0.29) is 11.5 Å². The van der Waals surface area contributed by atoms with Crippen molar-refractivity contribution in [2.45, 2.75) is 46.4 Å². The van der Waals surface area contributed by atoms with Crippen LogP contribution in [0.2, 0.25) is 13.1 Å². The molecule has 1 aromatic carbocycles. The minimum absolute atomic E-state index is 0.0813. The Morgan fingerprint density at radius 3 is 2.39 bits per heavy atom. The Bertz CT molecular complexity index is 394. The van der Waals surface area contributed by atoms with Crippen molar-refractivity contribution in [2.24, 2.45) is 5.41 Å². The SMILES string of the molecule is C[Si](C)OC(Cc1ccccc1C=O)C(C)(C)C. The molecule has 0 spiro atoms. The summed E-state index contributed by atoms with van der Waals surface area (Å²) in [5.41, 5.74) is 1.93. The van der Waals surface area contributed by atoms with Gasteiger partial charge in [-0.1, -0.05) is 45.0 Å². The summed E-state index contributed by atoms with van der Waals surface area (Å²) in [4.78, 5) is 11.0. The van der Waals surface area contributed by atoms with Gasteiger partial charge in [-0.25, -0.2) is 0 Å². The van der Waals surface area contributed by atoms with Gasteiger partial charge in [0, 0.05) is 5.56 Å². The van der Waals surface area contributed by atoms with E-state index in [9.17, 15) is 4.79 Å². The number of hydrogen-bond donors (Lipinski definition) is 0. The summed E-state index contributed by atoms with van der Waals surface area (Å²) in [7, 11) is -0.742. The lowest BCUT2D eigenvalue weighted by molar-refractivity contribution is 0.0864. The van der Waals surface area contributed by atoms with Gasteiger partial charge >= 0.3 is 0 Å². The highest BCUT2D eigenvalue weighted by molar-refractivity contribution is 6.48. The van der Waals surface area contributed by atoms with Gasteiger partial charge in [0.2, 0.25) is 9.04 Å². The molecule has 1 aromatic rings. The first kappa shape index (κ1) is 15.1. The monoisotopic (exact) mass is 263 g/mol. The molecule has 1 unspecified atom stereocenters. The maximum Gasteiger partial charge on any atom is 0.205 e. The smallest absolute Gasteiger partial charge is 0.205 e. The first-order valence-corrected chi connectivity index (χ1v) is 8.75. The fourth-order valence-electron chi connectivity index (χ4n) is 1.84. The highest BCUT2D eigenvalue weighted by Crippen LogP contribution is 2.27. The van der Waals surface area contributed by atoms with Crippen LogP contribution in [0.15, 0.2) is 24.3 Å². The first-order chi connectivity index (χ1) is 8.34. The standard InChI is InChI=1S/C15H23O2Si/c1-15(2,3)14(17-18(4)5)10-12-8-6-7-9-13(12)11-16/h6-9,11,14H,10H2,1-5H3. The summed E-state index contributed by atoms with van der Waals surface area (Å²) in [6.07, 6.45) is 1.88. The Kier molecular flexibility index (Phi) is 5.29. The van der Waals surface area contributed by atoms with E-state index in [1.165, 1.54) is 0 Å². The normalized spacial score (nSPS) is 13.7. The van der Waals surface area contributed by atoms with E-state index in [2.05, 4.69) is 33.9 Å². The number of carbonyl (C=O) groups is 1. The summed E-state index contributed by atoms with van der Waals surface area (Å²) >= 11 is 0. The van der Waals surface area contributed by atoms with Crippen molar-refractivity contribution in [3.05, 3.63) is 35.4 Å². The number of aldehydes is 1. The molecule has 0 saturated heterocycles. The van der Waals surface area contributed by atoms with Crippen LogP contribution < -0.4 is 0 Å². The molecule has 1 atom stereocenters. The van der Waals surface area contributed by atoms with E-state index in [1.807, 2.05) is 24.3 Å². The van der Waals surface area contributed by atoms with E-state index >= 15 is 0 Å². The molecule has 0 aliphatic carbocycles. The van der Waals surface area contributed by atoms with Gasteiger partial charge in [-0.15, -0.1) is 0 Å². The Morgan fingerprint density at radius 2 is 1.89 bits per heavy atom. The van der Waals surface area contributed by atoms with Crippen molar-refractivity contribution < 1.29 is 9.22 Å². The van der Waals surface area contributed by atoms with Crippen LogP contribution in [0.5, 0.6) is 0 Å². The minimum Gasteiger partial charge on any atom is -0.413 e. The Labute approximate surface area is 112 Å². The molecule has 0 bridgehead atoms. The molecular weight excluding hydrogens is 240 g/mol.